The Morgan fingerprint density at radius 2 is 2.47 bits per heavy atom. The van der Waals surface area contributed by atoms with Crippen molar-refractivity contribution in [1.29, 1.82) is 0 Å². The molecule has 1 fully saturated rings. The van der Waals surface area contributed by atoms with Crippen molar-refractivity contribution in [2.45, 2.75) is 32.2 Å². The molecule has 1 aliphatic heterocycles. The van der Waals surface area contributed by atoms with Crippen LogP contribution < -0.4 is 5.73 Å². The second-order valence-electron chi connectivity index (χ2n) is 3.84. The van der Waals surface area contributed by atoms with E-state index in [1.54, 1.807) is 0 Å². The molecule has 0 aromatic carbocycles. The molecule has 2 heterocycles. The quantitative estimate of drug-likeness (QED) is 0.776. The highest BCUT2D eigenvalue weighted by atomic mass is 16.5. The van der Waals surface area contributed by atoms with Crippen LogP contribution in [0, 0.1) is 0 Å². The lowest BCUT2D eigenvalue weighted by molar-refractivity contribution is 0.193. The van der Waals surface area contributed by atoms with Crippen LogP contribution in [0.15, 0.2) is 0 Å². The van der Waals surface area contributed by atoms with Crippen molar-refractivity contribution in [2.75, 3.05) is 19.8 Å². The Bertz CT molecular complexity index is 317. The van der Waals surface area contributed by atoms with Crippen LogP contribution in [0.2, 0.25) is 0 Å². The van der Waals surface area contributed by atoms with Crippen molar-refractivity contribution < 1.29 is 4.74 Å². The predicted octanol–water partition coefficient (Wildman–Crippen LogP) is 0.303. The fourth-order valence-corrected chi connectivity index (χ4v) is 2.10. The van der Waals surface area contributed by atoms with Crippen molar-refractivity contribution in [3.63, 3.8) is 0 Å². The molecule has 1 aromatic heterocycles. The Morgan fingerprint density at radius 3 is 3.07 bits per heavy atom. The molecule has 0 radical (unpaired) electrons. The van der Waals surface area contributed by atoms with Crippen molar-refractivity contribution in [1.82, 2.24) is 15.0 Å². The van der Waals surface area contributed by atoms with Crippen LogP contribution in [-0.2, 0) is 17.7 Å². The van der Waals surface area contributed by atoms with Gasteiger partial charge in [0.25, 0.3) is 0 Å². The average molecular weight is 210 g/mol. The second kappa shape index (κ2) is 4.72. The number of ether oxygens (including phenoxy) is 1. The van der Waals surface area contributed by atoms with E-state index >= 15 is 0 Å². The summed E-state index contributed by atoms with van der Waals surface area (Å²) >= 11 is 0. The first-order valence-electron chi connectivity index (χ1n) is 5.56. The lowest BCUT2D eigenvalue weighted by atomic mass is 10.0. The molecule has 15 heavy (non-hydrogen) atoms. The summed E-state index contributed by atoms with van der Waals surface area (Å²) in [6.07, 6.45) is 1.89. The number of aryl methyl sites for hydroxylation is 1. The van der Waals surface area contributed by atoms with Crippen LogP contribution >= 0.6 is 0 Å². The van der Waals surface area contributed by atoms with E-state index in [1.165, 1.54) is 5.69 Å². The average Bonchev–Trinajstić information content (AvgIpc) is 2.85. The Balaban J connectivity index is 2.27. The molecular weight excluding hydrogens is 192 g/mol. The van der Waals surface area contributed by atoms with E-state index < -0.39 is 0 Å². The molecule has 1 atom stereocenters. The van der Waals surface area contributed by atoms with E-state index in [-0.39, 0.29) is 0 Å². The molecule has 1 aliphatic rings. The number of aromatic nitrogens is 3. The van der Waals surface area contributed by atoms with E-state index in [1.807, 2.05) is 4.68 Å². The van der Waals surface area contributed by atoms with Gasteiger partial charge < -0.3 is 10.5 Å². The summed E-state index contributed by atoms with van der Waals surface area (Å²) in [7, 11) is 0. The first kappa shape index (κ1) is 10.6. The van der Waals surface area contributed by atoms with Crippen molar-refractivity contribution >= 4 is 0 Å². The first-order chi connectivity index (χ1) is 7.36. The first-order valence-corrected chi connectivity index (χ1v) is 5.56. The lowest BCUT2D eigenvalue weighted by Crippen LogP contribution is -2.12. The van der Waals surface area contributed by atoms with E-state index in [0.717, 1.165) is 38.3 Å². The molecule has 0 spiro atoms. The summed E-state index contributed by atoms with van der Waals surface area (Å²) in [5.74, 6) is 0.460. The highest BCUT2D eigenvalue weighted by Gasteiger charge is 2.25. The molecule has 1 unspecified atom stereocenters. The van der Waals surface area contributed by atoms with Crippen LogP contribution in [-0.4, -0.2) is 34.8 Å². The Morgan fingerprint density at radius 1 is 1.60 bits per heavy atom. The topological polar surface area (TPSA) is 66.0 Å². The Hall–Kier alpha value is -0.940. The third kappa shape index (κ3) is 2.03. The molecule has 0 saturated carbocycles. The van der Waals surface area contributed by atoms with Gasteiger partial charge in [-0.1, -0.05) is 5.21 Å². The van der Waals surface area contributed by atoms with Crippen LogP contribution in [0.4, 0.5) is 0 Å². The van der Waals surface area contributed by atoms with Gasteiger partial charge in [-0.25, -0.2) is 4.68 Å². The fraction of sp³-hybridized carbons (Fsp3) is 0.800. The van der Waals surface area contributed by atoms with Gasteiger partial charge in [-0.05, 0) is 19.9 Å². The van der Waals surface area contributed by atoms with Crippen LogP contribution in [0.3, 0.4) is 0 Å². The van der Waals surface area contributed by atoms with Crippen molar-refractivity contribution in [3.05, 3.63) is 11.4 Å². The minimum Gasteiger partial charge on any atom is -0.381 e. The molecule has 84 valence electrons. The molecule has 0 amide bonds. The van der Waals surface area contributed by atoms with Crippen LogP contribution in [0.25, 0.3) is 0 Å². The van der Waals surface area contributed by atoms with Crippen molar-refractivity contribution in [3.8, 4) is 0 Å². The molecule has 0 aliphatic carbocycles. The number of hydrogen-bond acceptors (Lipinski definition) is 4. The third-order valence-corrected chi connectivity index (χ3v) is 2.84. The SMILES string of the molecule is CCn1nnc(CCN)c1C1CCOC1. The number of nitrogens with zero attached hydrogens (tertiary/aromatic N) is 3. The zero-order valence-electron chi connectivity index (χ0n) is 9.15. The Kier molecular flexibility index (Phi) is 3.33. The summed E-state index contributed by atoms with van der Waals surface area (Å²) in [6.45, 7) is 5.22. The summed E-state index contributed by atoms with van der Waals surface area (Å²) < 4.78 is 7.39. The smallest absolute Gasteiger partial charge is 0.0875 e. The highest BCUT2D eigenvalue weighted by Crippen LogP contribution is 2.27. The highest BCUT2D eigenvalue weighted by molar-refractivity contribution is 5.17. The molecule has 2 rings (SSSR count). The maximum Gasteiger partial charge on any atom is 0.0875 e. The predicted molar refractivity (Wildman–Crippen MR) is 56.6 cm³/mol. The molecule has 1 aromatic rings. The summed E-state index contributed by atoms with van der Waals surface area (Å²) in [5.41, 5.74) is 7.86. The number of nitrogens with two attached hydrogens (primary N) is 1. The van der Waals surface area contributed by atoms with Gasteiger partial charge in [-0.15, -0.1) is 5.10 Å². The normalized spacial score (nSPS) is 21.1. The zero-order valence-corrected chi connectivity index (χ0v) is 9.15. The van der Waals surface area contributed by atoms with E-state index in [0.29, 0.717) is 12.5 Å². The summed E-state index contributed by atoms with van der Waals surface area (Å²) in [6, 6.07) is 0. The van der Waals surface area contributed by atoms with Gasteiger partial charge in [-0.3, -0.25) is 0 Å². The van der Waals surface area contributed by atoms with E-state index in [9.17, 15) is 0 Å². The molecule has 5 nitrogen and oxygen atoms in total. The maximum atomic E-state index is 5.57. The summed E-state index contributed by atoms with van der Waals surface area (Å²) in [5, 5.41) is 8.35. The molecule has 5 heteroatoms. The van der Waals surface area contributed by atoms with Gasteiger partial charge in [-0.2, -0.15) is 0 Å². The number of hydrogen-bond donors (Lipinski definition) is 1. The zero-order chi connectivity index (χ0) is 10.7. The van der Waals surface area contributed by atoms with Gasteiger partial charge >= 0.3 is 0 Å². The monoisotopic (exact) mass is 210 g/mol. The molecule has 2 N–H and O–H groups in total. The van der Waals surface area contributed by atoms with Gasteiger partial charge in [0.15, 0.2) is 0 Å². The standard InChI is InChI=1S/C10H18N4O/c1-2-14-10(8-4-6-15-7-8)9(3-5-11)12-13-14/h8H,2-7,11H2,1H3. The van der Waals surface area contributed by atoms with Gasteiger partial charge in [0.1, 0.15) is 0 Å². The largest absolute Gasteiger partial charge is 0.381 e. The molecule has 1 saturated heterocycles. The molecular formula is C10H18N4O. The second-order valence-corrected chi connectivity index (χ2v) is 3.84. The van der Waals surface area contributed by atoms with Gasteiger partial charge in [0.05, 0.1) is 18.0 Å². The van der Waals surface area contributed by atoms with E-state index in [2.05, 4.69) is 17.2 Å². The minimum absolute atomic E-state index is 0.460. The molecule has 0 bridgehead atoms. The fourth-order valence-electron chi connectivity index (χ4n) is 2.10. The Labute approximate surface area is 89.6 Å². The third-order valence-electron chi connectivity index (χ3n) is 2.84. The van der Waals surface area contributed by atoms with E-state index in [4.69, 9.17) is 10.5 Å². The minimum atomic E-state index is 0.460. The maximum absolute atomic E-state index is 5.57. The number of rotatable bonds is 4. The summed E-state index contributed by atoms with van der Waals surface area (Å²) in [4.78, 5) is 0. The van der Waals surface area contributed by atoms with Crippen molar-refractivity contribution in [2.24, 2.45) is 5.73 Å². The lowest BCUT2D eigenvalue weighted by Gasteiger charge is -2.10. The van der Waals surface area contributed by atoms with Gasteiger partial charge in [0.2, 0.25) is 0 Å². The van der Waals surface area contributed by atoms with Crippen LogP contribution in [0.1, 0.15) is 30.7 Å². The van der Waals surface area contributed by atoms with Gasteiger partial charge in [0, 0.05) is 25.5 Å². The van der Waals surface area contributed by atoms with Crippen LogP contribution in [0.5, 0.6) is 0 Å².